The average molecular weight is 361 g/mol. The Hall–Kier alpha value is -1.15. The number of esters is 2. The maximum Gasteiger partial charge on any atom is 0.344 e. The van der Waals surface area contributed by atoms with Gasteiger partial charge in [-0.15, -0.1) is 0 Å². The Morgan fingerprint density at radius 2 is 1.71 bits per heavy atom. The van der Waals surface area contributed by atoms with E-state index in [2.05, 4.69) is 0 Å². The fourth-order valence-corrected chi connectivity index (χ4v) is 4.53. The average Bonchev–Trinajstić information content (AvgIpc) is 3.01. The highest BCUT2D eigenvalue weighted by Crippen LogP contribution is 2.35. The second-order valence-corrected chi connectivity index (χ2v) is 8.93. The minimum atomic E-state index is -2.91. The van der Waals surface area contributed by atoms with Gasteiger partial charge in [-0.2, -0.15) is 0 Å². The molecule has 8 heteroatoms. The molecule has 1 saturated heterocycles. The molecule has 1 aliphatic carbocycles. The van der Waals surface area contributed by atoms with E-state index >= 15 is 0 Å². The Morgan fingerprint density at radius 3 is 2.29 bits per heavy atom. The topological polar surface area (TPSA) is 90.0 Å². The number of carbonyl (C=O) groups excluding carboxylic acids is 2. The zero-order valence-corrected chi connectivity index (χ0v) is 15.1. The van der Waals surface area contributed by atoms with E-state index in [1.165, 1.54) is 0 Å². The first-order chi connectivity index (χ1) is 11.3. The maximum absolute atomic E-state index is 11.9. The van der Waals surface area contributed by atoms with Crippen LogP contribution in [0.4, 0.5) is 0 Å². The molecule has 0 aromatic heterocycles. The van der Waals surface area contributed by atoms with E-state index < -0.39 is 21.8 Å². The summed E-state index contributed by atoms with van der Waals surface area (Å²) in [6, 6.07) is 0. The van der Waals surface area contributed by atoms with Crippen LogP contribution >= 0.6 is 0 Å². The second kappa shape index (κ2) is 8.29. The largest absolute Gasteiger partial charge is 0.457 e. The Labute approximate surface area is 143 Å². The van der Waals surface area contributed by atoms with Crippen molar-refractivity contribution in [3.05, 3.63) is 0 Å². The Kier molecular flexibility index (Phi) is 6.62. The van der Waals surface area contributed by atoms with E-state index in [-0.39, 0.29) is 30.1 Å². The van der Waals surface area contributed by atoms with Gasteiger partial charge in [0.2, 0.25) is 0 Å². The molecule has 1 heterocycles. The van der Waals surface area contributed by atoms with Crippen molar-refractivity contribution in [2.75, 3.05) is 37.7 Å². The molecule has 0 atom stereocenters. The van der Waals surface area contributed by atoms with Crippen LogP contribution in [0.2, 0.25) is 0 Å². The normalized spacial score (nSPS) is 22.9. The van der Waals surface area contributed by atoms with Gasteiger partial charge in [-0.1, -0.05) is 6.92 Å². The van der Waals surface area contributed by atoms with E-state index in [4.69, 9.17) is 9.47 Å². The minimum absolute atomic E-state index is 0.132. The van der Waals surface area contributed by atoms with Crippen LogP contribution in [0.1, 0.15) is 45.4 Å². The summed E-state index contributed by atoms with van der Waals surface area (Å²) in [6.45, 7) is 2.98. The summed E-state index contributed by atoms with van der Waals surface area (Å²) in [5.41, 5.74) is -0.372. The van der Waals surface area contributed by atoms with Gasteiger partial charge in [0.05, 0.1) is 17.9 Å². The van der Waals surface area contributed by atoms with Crippen molar-refractivity contribution in [3.63, 3.8) is 0 Å². The van der Waals surface area contributed by atoms with Crippen LogP contribution in [0, 0.1) is 0 Å². The van der Waals surface area contributed by atoms with Crippen molar-refractivity contribution in [1.29, 1.82) is 0 Å². The van der Waals surface area contributed by atoms with E-state index in [1.54, 1.807) is 0 Å². The Balaban J connectivity index is 1.63. The number of carbonyl (C=O) groups is 2. The molecular formula is C16H27NO6S. The summed E-state index contributed by atoms with van der Waals surface area (Å²) in [4.78, 5) is 25.5. The standard InChI is InChI=1S/C16H27NO6S/c1-2-16(6-3-4-7-16)23-15(19)13-22-14(18)5-8-17-9-11-24(20,21)12-10-17/h2-13H2,1H3. The highest BCUT2D eigenvalue weighted by molar-refractivity contribution is 7.91. The summed E-state index contributed by atoms with van der Waals surface area (Å²) in [5, 5.41) is 0. The Morgan fingerprint density at radius 1 is 1.08 bits per heavy atom. The molecule has 0 spiro atoms. The van der Waals surface area contributed by atoms with Gasteiger partial charge in [0.15, 0.2) is 16.4 Å². The van der Waals surface area contributed by atoms with Gasteiger partial charge in [0.1, 0.15) is 5.60 Å². The van der Waals surface area contributed by atoms with Gasteiger partial charge < -0.3 is 14.4 Å². The summed E-state index contributed by atoms with van der Waals surface area (Å²) in [5.74, 6) is -0.686. The molecule has 2 aliphatic rings. The van der Waals surface area contributed by atoms with Crippen LogP contribution < -0.4 is 0 Å². The number of hydrogen-bond donors (Lipinski definition) is 0. The van der Waals surface area contributed by atoms with Gasteiger partial charge in [-0.05, 0) is 32.1 Å². The summed E-state index contributed by atoms with van der Waals surface area (Å²) in [6.07, 6.45) is 4.80. The molecule has 0 radical (unpaired) electrons. The number of nitrogens with zero attached hydrogens (tertiary/aromatic N) is 1. The molecule has 2 rings (SSSR count). The number of rotatable bonds is 7. The van der Waals surface area contributed by atoms with Crippen molar-refractivity contribution in [2.24, 2.45) is 0 Å². The van der Waals surface area contributed by atoms with Gasteiger partial charge in [0.25, 0.3) is 0 Å². The lowest BCUT2D eigenvalue weighted by Gasteiger charge is -2.27. The molecule has 1 aliphatic heterocycles. The number of hydrogen-bond acceptors (Lipinski definition) is 7. The van der Waals surface area contributed by atoms with Crippen LogP contribution in [0.25, 0.3) is 0 Å². The summed E-state index contributed by atoms with van der Waals surface area (Å²) >= 11 is 0. The fraction of sp³-hybridized carbons (Fsp3) is 0.875. The van der Waals surface area contributed by atoms with Gasteiger partial charge >= 0.3 is 11.9 Å². The zero-order valence-electron chi connectivity index (χ0n) is 14.3. The van der Waals surface area contributed by atoms with Crippen LogP contribution in [-0.2, 0) is 28.9 Å². The van der Waals surface area contributed by atoms with Crippen LogP contribution in [-0.4, -0.2) is 68.6 Å². The molecule has 7 nitrogen and oxygen atoms in total. The van der Waals surface area contributed by atoms with E-state index in [1.807, 2.05) is 11.8 Å². The first-order valence-corrected chi connectivity index (χ1v) is 10.5. The van der Waals surface area contributed by atoms with Gasteiger partial charge in [0, 0.05) is 19.6 Å². The SMILES string of the molecule is CCC1(OC(=O)COC(=O)CCN2CCS(=O)(=O)CC2)CCCC1. The van der Waals surface area contributed by atoms with Crippen molar-refractivity contribution >= 4 is 21.8 Å². The van der Waals surface area contributed by atoms with Crippen LogP contribution in [0.3, 0.4) is 0 Å². The lowest BCUT2D eigenvalue weighted by atomic mass is 9.99. The third-order valence-corrected chi connectivity index (χ3v) is 6.52. The molecule has 0 amide bonds. The molecule has 1 saturated carbocycles. The first kappa shape index (κ1) is 19.2. The molecular weight excluding hydrogens is 334 g/mol. The third kappa shape index (κ3) is 5.73. The number of ether oxygens (including phenoxy) is 2. The second-order valence-electron chi connectivity index (χ2n) is 6.62. The molecule has 0 N–H and O–H groups in total. The maximum atomic E-state index is 11.9. The van der Waals surface area contributed by atoms with Gasteiger partial charge in [-0.25, -0.2) is 13.2 Å². The molecule has 138 valence electrons. The third-order valence-electron chi connectivity index (χ3n) is 4.91. The smallest absolute Gasteiger partial charge is 0.344 e. The highest BCUT2D eigenvalue weighted by Gasteiger charge is 2.36. The van der Waals surface area contributed by atoms with Crippen molar-refractivity contribution in [3.8, 4) is 0 Å². The molecule has 24 heavy (non-hydrogen) atoms. The molecule has 0 unspecified atom stereocenters. The monoisotopic (exact) mass is 361 g/mol. The quantitative estimate of drug-likeness (QED) is 0.623. The van der Waals surface area contributed by atoms with E-state index in [9.17, 15) is 18.0 Å². The molecule has 0 bridgehead atoms. The first-order valence-electron chi connectivity index (χ1n) is 8.64. The summed E-state index contributed by atoms with van der Waals surface area (Å²) in [7, 11) is -2.91. The lowest BCUT2D eigenvalue weighted by Crippen LogP contribution is -2.41. The van der Waals surface area contributed by atoms with Crippen molar-refractivity contribution < 1.29 is 27.5 Å². The van der Waals surface area contributed by atoms with Crippen molar-refractivity contribution in [1.82, 2.24) is 4.90 Å². The summed E-state index contributed by atoms with van der Waals surface area (Å²) < 4.78 is 33.2. The predicted octanol–water partition coefficient (Wildman–Crippen LogP) is 0.916. The van der Waals surface area contributed by atoms with E-state index in [0.717, 1.165) is 32.1 Å². The van der Waals surface area contributed by atoms with Crippen LogP contribution in [0.15, 0.2) is 0 Å². The Bertz CT molecular complexity index is 539. The van der Waals surface area contributed by atoms with Gasteiger partial charge in [-0.3, -0.25) is 4.79 Å². The van der Waals surface area contributed by atoms with Crippen molar-refractivity contribution in [2.45, 2.75) is 51.0 Å². The molecule has 2 fully saturated rings. The molecule has 0 aromatic carbocycles. The minimum Gasteiger partial charge on any atom is -0.457 e. The van der Waals surface area contributed by atoms with E-state index in [0.29, 0.717) is 19.6 Å². The number of sulfone groups is 1. The lowest BCUT2D eigenvalue weighted by molar-refractivity contribution is -0.170. The fourth-order valence-electron chi connectivity index (χ4n) is 3.25. The predicted molar refractivity (Wildman–Crippen MR) is 88.3 cm³/mol. The van der Waals surface area contributed by atoms with Crippen LogP contribution in [0.5, 0.6) is 0 Å². The highest BCUT2D eigenvalue weighted by atomic mass is 32.2. The molecule has 0 aromatic rings. The zero-order chi connectivity index (χ0) is 17.6.